The molecule has 1 amide bonds. The molecular formula is C13H26N2O3. The Bertz CT molecular complexity index is 259. The highest BCUT2D eigenvalue weighted by molar-refractivity contribution is 5.75. The zero-order valence-electron chi connectivity index (χ0n) is 11.5. The molecule has 106 valence electrons. The van der Waals surface area contributed by atoms with Gasteiger partial charge in [-0.3, -0.25) is 9.59 Å². The first-order valence-corrected chi connectivity index (χ1v) is 6.58. The number of aliphatic carboxylic acids is 1. The van der Waals surface area contributed by atoms with Crippen molar-refractivity contribution in [1.82, 2.24) is 5.32 Å². The van der Waals surface area contributed by atoms with Crippen LogP contribution in [0.25, 0.3) is 0 Å². The van der Waals surface area contributed by atoms with Crippen LogP contribution in [-0.4, -0.2) is 29.1 Å². The van der Waals surface area contributed by atoms with Crippen LogP contribution in [0.4, 0.5) is 0 Å². The predicted molar refractivity (Wildman–Crippen MR) is 71.2 cm³/mol. The summed E-state index contributed by atoms with van der Waals surface area (Å²) in [5.41, 5.74) is 5.49. The number of nitrogens with one attached hydrogen (secondary N) is 1. The van der Waals surface area contributed by atoms with E-state index in [9.17, 15) is 9.59 Å². The predicted octanol–water partition coefficient (Wildman–Crippen LogP) is 1.66. The number of amides is 1. The molecule has 5 heteroatoms. The van der Waals surface area contributed by atoms with E-state index in [1.165, 1.54) is 0 Å². The third-order valence-corrected chi connectivity index (χ3v) is 2.64. The highest BCUT2D eigenvalue weighted by atomic mass is 16.4. The Balaban J connectivity index is 3.33. The standard InChI is InChI=1S/C13H26N2O3/c1-13(2,14)9-8-11(16)15-10-6-4-3-5-7-12(17)18/h3-10,14H2,1-2H3,(H,15,16)(H,17,18). The van der Waals surface area contributed by atoms with Crippen molar-refractivity contribution < 1.29 is 14.7 Å². The lowest BCUT2D eigenvalue weighted by Gasteiger charge is -2.17. The molecule has 0 atom stereocenters. The van der Waals surface area contributed by atoms with Crippen LogP contribution in [0.2, 0.25) is 0 Å². The third kappa shape index (κ3) is 13.0. The number of carbonyl (C=O) groups is 2. The summed E-state index contributed by atoms with van der Waals surface area (Å²) in [4.78, 5) is 21.7. The fourth-order valence-corrected chi connectivity index (χ4v) is 1.51. The van der Waals surface area contributed by atoms with Crippen LogP contribution in [0.1, 0.15) is 58.8 Å². The zero-order chi connectivity index (χ0) is 14.0. The van der Waals surface area contributed by atoms with E-state index in [1.807, 2.05) is 13.8 Å². The van der Waals surface area contributed by atoms with Crippen LogP contribution in [-0.2, 0) is 9.59 Å². The smallest absolute Gasteiger partial charge is 0.303 e. The first-order valence-electron chi connectivity index (χ1n) is 6.58. The molecule has 0 aromatic heterocycles. The number of carboxylic acid groups (broad SMARTS) is 1. The summed E-state index contributed by atoms with van der Waals surface area (Å²) in [7, 11) is 0. The first kappa shape index (κ1) is 16.9. The van der Waals surface area contributed by atoms with Crippen LogP contribution in [0, 0.1) is 0 Å². The van der Waals surface area contributed by atoms with E-state index < -0.39 is 5.97 Å². The van der Waals surface area contributed by atoms with Crippen molar-refractivity contribution in [2.45, 2.75) is 64.3 Å². The van der Waals surface area contributed by atoms with Crippen LogP contribution in [0.15, 0.2) is 0 Å². The van der Waals surface area contributed by atoms with Crippen molar-refractivity contribution in [2.75, 3.05) is 6.54 Å². The number of hydrogen-bond donors (Lipinski definition) is 3. The third-order valence-electron chi connectivity index (χ3n) is 2.64. The average molecular weight is 258 g/mol. The minimum atomic E-state index is -0.743. The molecule has 0 spiro atoms. The molecule has 0 radical (unpaired) electrons. The van der Waals surface area contributed by atoms with Gasteiger partial charge in [0.15, 0.2) is 0 Å². The lowest BCUT2D eigenvalue weighted by molar-refractivity contribution is -0.137. The summed E-state index contributed by atoms with van der Waals surface area (Å²) in [5.74, 6) is -0.702. The highest BCUT2D eigenvalue weighted by Gasteiger charge is 2.12. The molecule has 18 heavy (non-hydrogen) atoms. The summed E-state index contributed by atoms with van der Waals surface area (Å²) in [5, 5.41) is 11.3. The second kappa shape index (κ2) is 8.91. The van der Waals surface area contributed by atoms with E-state index in [2.05, 4.69) is 5.32 Å². The van der Waals surface area contributed by atoms with Crippen molar-refractivity contribution >= 4 is 11.9 Å². The normalized spacial score (nSPS) is 11.3. The molecule has 0 saturated heterocycles. The Kier molecular flexibility index (Phi) is 8.37. The number of hydrogen-bond acceptors (Lipinski definition) is 3. The largest absolute Gasteiger partial charge is 0.481 e. The molecule has 0 unspecified atom stereocenters. The van der Waals surface area contributed by atoms with Gasteiger partial charge in [0.25, 0.3) is 0 Å². The van der Waals surface area contributed by atoms with E-state index in [0.29, 0.717) is 25.8 Å². The molecule has 0 aromatic rings. The lowest BCUT2D eigenvalue weighted by atomic mass is 10.00. The molecule has 0 saturated carbocycles. The second-order valence-corrected chi connectivity index (χ2v) is 5.40. The first-order chi connectivity index (χ1) is 8.31. The van der Waals surface area contributed by atoms with Crippen molar-refractivity contribution in [3.8, 4) is 0 Å². The number of rotatable bonds is 10. The van der Waals surface area contributed by atoms with Gasteiger partial charge in [-0.25, -0.2) is 0 Å². The van der Waals surface area contributed by atoms with Gasteiger partial charge in [0.1, 0.15) is 0 Å². The van der Waals surface area contributed by atoms with Gasteiger partial charge in [-0.1, -0.05) is 12.8 Å². The van der Waals surface area contributed by atoms with Crippen LogP contribution < -0.4 is 11.1 Å². The lowest BCUT2D eigenvalue weighted by Crippen LogP contribution is -2.34. The summed E-state index contributed by atoms with van der Waals surface area (Å²) in [6.45, 7) is 4.47. The summed E-state index contributed by atoms with van der Waals surface area (Å²) in [6, 6.07) is 0. The van der Waals surface area contributed by atoms with Gasteiger partial charge in [0, 0.05) is 24.9 Å². The van der Waals surface area contributed by atoms with E-state index in [1.54, 1.807) is 0 Å². The van der Waals surface area contributed by atoms with E-state index in [4.69, 9.17) is 10.8 Å². The molecule has 0 rings (SSSR count). The fraction of sp³-hybridized carbons (Fsp3) is 0.846. The number of unbranched alkanes of at least 4 members (excludes halogenated alkanes) is 3. The van der Waals surface area contributed by atoms with Gasteiger partial charge in [0.05, 0.1) is 0 Å². The van der Waals surface area contributed by atoms with Crippen molar-refractivity contribution in [2.24, 2.45) is 5.73 Å². The van der Waals surface area contributed by atoms with Gasteiger partial charge in [-0.05, 0) is 33.1 Å². The van der Waals surface area contributed by atoms with E-state index in [-0.39, 0.29) is 17.9 Å². The molecule has 4 N–H and O–H groups in total. The number of carbonyl (C=O) groups excluding carboxylic acids is 1. The topological polar surface area (TPSA) is 92.4 Å². The minimum absolute atomic E-state index is 0.0408. The molecule has 0 fully saturated rings. The van der Waals surface area contributed by atoms with E-state index in [0.717, 1.165) is 19.3 Å². The number of nitrogens with two attached hydrogens (primary N) is 1. The summed E-state index contributed by atoms with van der Waals surface area (Å²) in [6.07, 6.45) is 4.84. The fourth-order valence-electron chi connectivity index (χ4n) is 1.51. The maximum absolute atomic E-state index is 11.4. The molecular weight excluding hydrogens is 232 g/mol. The van der Waals surface area contributed by atoms with Gasteiger partial charge < -0.3 is 16.2 Å². The Hall–Kier alpha value is -1.10. The van der Waals surface area contributed by atoms with Gasteiger partial charge in [-0.15, -0.1) is 0 Å². The maximum atomic E-state index is 11.4. The average Bonchev–Trinajstić information content (AvgIpc) is 2.23. The minimum Gasteiger partial charge on any atom is -0.481 e. The van der Waals surface area contributed by atoms with Crippen molar-refractivity contribution in [3.63, 3.8) is 0 Å². The quantitative estimate of drug-likeness (QED) is 0.519. The molecule has 0 aliphatic rings. The molecule has 0 heterocycles. The number of carboxylic acids is 1. The van der Waals surface area contributed by atoms with Crippen LogP contribution in [0.5, 0.6) is 0 Å². The Morgan fingerprint density at radius 3 is 2.28 bits per heavy atom. The van der Waals surface area contributed by atoms with Gasteiger partial charge in [-0.2, -0.15) is 0 Å². The SMILES string of the molecule is CC(C)(N)CCC(=O)NCCCCCCC(=O)O. The van der Waals surface area contributed by atoms with Crippen LogP contribution >= 0.6 is 0 Å². The Morgan fingerprint density at radius 2 is 1.72 bits per heavy atom. The molecule has 0 aromatic carbocycles. The highest BCUT2D eigenvalue weighted by Crippen LogP contribution is 2.06. The Morgan fingerprint density at radius 1 is 1.11 bits per heavy atom. The molecule has 0 aliphatic heterocycles. The van der Waals surface area contributed by atoms with Gasteiger partial charge >= 0.3 is 5.97 Å². The van der Waals surface area contributed by atoms with Crippen LogP contribution in [0.3, 0.4) is 0 Å². The van der Waals surface area contributed by atoms with Crippen molar-refractivity contribution in [1.29, 1.82) is 0 Å². The summed E-state index contributed by atoms with van der Waals surface area (Å²) < 4.78 is 0. The van der Waals surface area contributed by atoms with Crippen molar-refractivity contribution in [3.05, 3.63) is 0 Å². The van der Waals surface area contributed by atoms with Gasteiger partial charge in [0.2, 0.25) is 5.91 Å². The van der Waals surface area contributed by atoms with E-state index >= 15 is 0 Å². The zero-order valence-corrected chi connectivity index (χ0v) is 11.5. The molecule has 5 nitrogen and oxygen atoms in total. The Labute approximate surface area is 109 Å². The molecule has 0 bridgehead atoms. The maximum Gasteiger partial charge on any atom is 0.303 e. The monoisotopic (exact) mass is 258 g/mol. The summed E-state index contributed by atoms with van der Waals surface area (Å²) >= 11 is 0. The second-order valence-electron chi connectivity index (χ2n) is 5.40. The molecule has 0 aliphatic carbocycles.